The molecule has 31 heavy (non-hydrogen) atoms. The van der Waals surface area contributed by atoms with E-state index in [4.69, 9.17) is 18.6 Å². The van der Waals surface area contributed by atoms with Crippen molar-refractivity contribution in [2.75, 3.05) is 6.61 Å². The Balaban J connectivity index is 1.61. The Morgan fingerprint density at radius 2 is 2.03 bits per heavy atom. The quantitative estimate of drug-likeness (QED) is 0.326. The predicted molar refractivity (Wildman–Crippen MR) is 115 cm³/mol. The molecular formula is C23H17BrFNO5. The van der Waals surface area contributed by atoms with Crippen molar-refractivity contribution in [2.45, 2.75) is 13.5 Å². The van der Waals surface area contributed by atoms with E-state index < -0.39 is 5.97 Å². The molecule has 8 heteroatoms. The van der Waals surface area contributed by atoms with Crippen molar-refractivity contribution in [3.8, 4) is 11.5 Å². The third-order valence-electron chi connectivity index (χ3n) is 4.26. The highest BCUT2D eigenvalue weighted by atomic mass is 79.9. The van der Waals surface area contributed by atoms with Crippen molar-refractivity contribution >= 4 is 33.9 Å². The van der Waals surface area contributed by atoms with Crippen molar-refractivity contribution in [1.29, 1.82) is 0 Å². The highest BCUT2D eigenvalue weighted by Crippen LogP contribution is 2.38. The molecule has 0 N–H and O–H groups in total. The molecule has 0 unspecified atom stereocenters. The molecule has 0 fully saturated rings. The normalized spacial score (nSPS) is 14.5. The molecule has 0 aliphatic carbocycles. The van der Waals surface area contributed by atoms with E-state index in [9.17, 15) is 9.18 Å². The number of aliphatic imine (C=N–C) groups is 1. The number of benzene rings is 2. The number of rotatable bonds is 7. The monoisotopic (exact) mass is 485 g/mol. The SMILES string of the molecule is CCOc1cc(/C=C2\N=C(c3ccco3)OC2=O)cc(Br)c1OCc1cccc(F)c1. The summed E-state index contributed by atoms with van der Waals surface area (Å²) in [5, 5.41) is 0. The van der Waals surface area contributed by atoms with Gasteiger partial charge in [-0.1, -0.05) is 12.1 Å². The number of ether oxygens (including phenoxy) is 3. The Labute approximate surface area is 186 Å². The molecule has 0 spiro atoms. The van der Waals surface area contributed by atoms with E-state index in [0.717, 1.165) is 0 Å². The van der Waals surface area contributed by atoms with Crippen LogP contribution in [0.15, 0.2) is 74.4 Å². The van der Waals surface area contributed by atoms with E-state index in [2.05, 4.69) is 20.9 Å². The summed E-state index contributed by atoms with van der Waals surface area (Å²) in [5.41, 5.74) is 1.48. The lowest BCUT2D eigenvalue weighted by atomic mass is 10.1. The largest absolute Gasteiger partial charge is 0.490 e. The summed E-state index contributed by atoms with van der Waals surface area (Å²) in [4.78, 5) is 16.4. The minimum atomic E-state index is -0.577. The fourth-order valence-corrected chi connectivity index (χ4v) is 3.50. The zero-order chi connectivity index (χ0) is 21.8. The van der Waals surface area contributed by atoms with Crippen molar-refractivity contribution in [2.24, 2.45) is 4.99 Å². The molecular weight excluding hydrogens is 469 g/mol. The second-order valence-electron chi connectivity index (χ2n) is 6.49. The molecule has 158 valence electrons. The minimum Gasteiger partial charge on any atom is -0.490 e. The summed E-state index contributed by atoms with van der Waals surface area (Å²) in [6.07, 6.45) is 3.06. The predicted octanol–water partition coefficient (Wildman–Crippen LogP) is 5.50. The molecule has 6 nitrogen and oxygen atoms in total. The van der Waals surface area contributed by atoms with Gasteiger partial charge >= 0.3 is 5.97 Å². The Bertz CT molecular complexity index is 1170. The number of furan rings is 1. The van der Waals surface area contributed by atoms with Crippen LogP contribution >= 0.6 is 15.9 Å². The average molecular weight is 486 g/mol. The van der Waals surface area contributed by atoms with Crippen LogP contribution in [0.3, 0.4) is 0 Å². The van der Waals surface area contributed by atoms with E-state index >= 15 is 0 Å². The van der Waals surface area contributed by atoms with E-state index in [0.29, 0.717) is 39.5 Å². The van der Waals surface area contributed by atoms with Crippen molar-refractivity contribution < 1.29 is 27.8 Å². The average Bonchev–Trinajstić information content (AvgIpc) is 3.38. The molecule has 0 atom stereocenters. The fourth-order valence-electron chi connectivity index (χ4n) is 2.93. The van der Waals surface area contributed by atoms with Crippen molar-refractivity contribution in [3.63, 3.8) is 0 Å². The van der Waals surface area contributed by atoms with Crippen LogP contribution in [0.1, 0.15) is 23.8 Å². The van der Waals surface area contributed by atoms with Gasteiger partial charge in [-0.3, -0.25) is 0 Å². The van der Waals surface area contributed by atoms with E-state index in [1.54, 1.807) is 42.5 Å². The standard InChI is InChI=1S/C23H17BrFNO5/c1-2-28-20-12-15(11-18-23(27)31-22(26-18)19-7-4-8-29-19)10-17(24)21(20)30-13-14-5-3-6-16(25)9-14/h3-12H,2,13H2,1H3/b18-11-. The summed E-state index contributed by atoms with van der Waals surface area (Å²) in [6, 6.07) is 13.0. The number of carbonyl (C=O) groups is 1. The maximum absolute atomic E-state index is 13.4. The molecule has 1 aliphatic rings. The summed E-state index contributed by atoms with van der Waals surface area (Å²) in [5.74, 6) is 0.523. The van der Waals surface area contributed by atoms with Crippen LogP contribution in [0.4, 0.5) is 4.39 Å². The molecule has 1 aliphatic heterocycles. The third kappa shape index (κ3) is 4.86. The molecule has 0 amide bonds. The summed E-state index contributed by atoms with van der Waals surface area (Å²) >= 11 is 3.49. The number of hydrogen-bond donors (Lipinski definition) is 0. The number of nitrogens with zero attached hydrogens (tertiary/aromatic N) is 1. The van der Waals surface area contributed by atoms with Gasteiger partial charge in [0.1, 0.15) is 12.4 Å². The van der Waals surface area contributed by atoms with Gasteiger partial charge in [0, 0.05) is 0 Å². The first kappa shape index (κ1) is 20.9. The zero-order valence-corrected chi connectivity index (χ0v) is 18.0. The Morgan fingerprint density at radius 1 is 1.16 bits per heavy atom. The molecule has 0 radical (unpaired) electrons. The molecule has 0 saturated carbocycles. The fraction of sp³-hybridized carbons (Fsp3) is 0.130. The van der Waals surface area contributed by atoms with Crippen LogP contribution in [0.2, 0.25) is 0 Å². The van der Waals surface area contributed by atoms with E-state index in [1.165, 1.54) is 18.4 Å². The number of cyclic esters (lactones) is 1. The topological polar surface area (TPSA) is 70.3 Å². The second kappa shape index (κ2) is 9.18. The molecule has 1 aromatic heterocycles. The maximum Gasteiger partial charge on any atom is 0.363 e. The van der Waals surface area contributed by atoms with Crippen molar-refractivity contribution in [1.82, 2.24) is 0 Å². The molecule has 0 bridgehead atoms. The van der Waals surface area contributed by atoms with Gasteiger partial charge in [0.15, 0.2) is 23.0 Å². The van der Waals surface area contributed by atoms with Gasteiger partial charge in [-0.25, -0.2) is 14.2 Å². The number of esters is 1. The number of halogens is 2. The van der Waals surface area contributed by atoms with Gasteiger partial charge in [-0.2, -0.15) is 0 Å². The maximum atomic E-state index is 13.4. The molecule has 2 aromatic carbocycles. The minimum absolute atomic E-state index is 0.111. The third-order valence-corrected chi connectivity index (χ3v) is 4.85. The van der Waals surface area contributed by atoms with Crippen LogP contribution < -0.4 is 9.47 Å². The Morgan fingerprint density at radius 3 is 2.77 bits per heavy atom. The van der Waals surface area contributed by atoms with Gasteiger partial charge in [-0.05, 0) is 76.5 Å². The van der Waals surface area contributed by atoms with Crippen LogP contribution in [-0.4, -0.2) is 18.5 Å². The first-order valence-corrected chi connectivity index (χ1v) is 10.2. The van der Waals surface area contributed by atoms with Crippen molar-refractivity contribution in [3.05, 3.63) is 87.7 Å². The first-order chi connectivity index (χ1) is 15.0. The summed E-state index contributed by atoms with van der Waals surface area (Å²) in [6.45, 7) is 2.43. The van der Waals surface area contributed by atoms with Gasteiger partial charge in [0.2, 0.25) is 0 Å². The van der Waals surface area contributed by atoms with Gasteiger partial charge < -0.3 is 18.6 Å². The lowest BCUT2D eigenvalue weighted by molar-refractivity contribution is -0.130. The second-order valence-corrected chi connectivity index (χ2v) is 7.35. The smallest absolute Gasteiger partial charge is 0.363 e. The van der Waals surface area contributed by atoms with Crippen LogP contribution in [0.25, 0.3) is 6.08 Å². The van der Waals surface area contributed by atoms with E-state index in [-0.39, 0.29) is 24.0 Å². The summed E-state index contributed by atoms with van der Waals surface area (Å²) < 4.78 is 36.0. The molecule has 0 saturated heterocycles. The van der Waals surface area contributed by atoms with Crippen LogP contribution in [-0.2, 0) is 16.1 Å². The molecule has 2 heterocycles. The Kier molecular flexibility index (Phi) is 6.18. The number of hydrogen-bond acceptors (Lipinski definition) is 6. The molecule has 3 aromatic rings. The lowest BCUT2D eigenvalue weighted by Crippen LogP contribution is -2.04. The van der Waals surface area contributed by atoms with Gasteiger partial charge in [-0.15, -0.1) is 0 Å². The van der Waals surface area contributed by atoms with Crippen LogP contribution in [0.5, 0.6) is 11.5 Å². The first-order valence-electron chi connectivity index (χ1n) is 9.43. The highest BCUT2D eigenvalue weighted by molar-refractivity contribution is 9.10. The van der Waals surface area contributed by atoms with Gasteiger partial charge in [0.25, 0.3) is 5.90 Å². The van der Waals surface area contributed by atoms with Crippen LogP contribution in [0, 0.1) is 5.82 Å². The Hall–Kier alpha value is -3.39. The lowest BCUT2D eigenvalue weighted by Gasteiger charge is -2.15. The zero-order valence-electron chi connectivity index (χ0n) is 16.4. The van der Waals surface area contributed by atoms with E-state index in [1.807, 2.05) is 6.92 Å². The summed E-state index contributed by atoms with van der Waals surface area (Å²) in [7, 11) is 0. The number of carbonyl (C=O) groups excluding carboxylic acids is 1. The van der Waals surface area contributed by atoms with Gasteiger partial charge in [0.05, 0.1) is 17.3 Å². The molecule has 4 rings (SSSR count). The highest BCUT2D eigenvalue weighted by Gasteiger charge is 2.26.